The fraction of sp³-hybridized carbons (Fsp3) is 0.286. The van der Waals surface area contributed by atoms with E-state index in [1.807, 2.05) is 0 Å². The van der Waals surface area contributed by atoms with Crippen molar-refractivity contribution in [3.8, 4) is 0 Å². The van der Waals surface area contributed by atoms with Crippen molar-refractivity contribution in [3.63, 3.8) is 0 Å². The minimum Gasteiger partial charge on any atom is -0.381 e. The molecule has 2 unspecified atom stereocenters. The average molecular weight is 320 g/mol. The molecule has 3 aromatic rings. The highest BCUT2D eigenvalue weighted by atomic mass is 19.1. The molecule has 0 saturated carbocycles. The quantitative estimate of drug-likeness (QED) is 0.766. The molecule has 23 heavy (non-hydrogen) atoms. The average Bonchev–Trinajstić information content (AvgIpc) is 3.19. The molecule has 0 spiro atoms. The monoisotopic (exact) mass is 320 g/mol. The molecule has 120 valence electrons. The van der Waals surface area contributed by atoms with Crippen molar-refractivity contribution >= 4 is 0 Å². The first kappa shape index (κ1) is 15.2. The summed E-state index contributed by atoms with van der Waals surface area (Å²) < 4.78 is 28.9. The van der Waals surface area contributed by atoms with Gasteiger partial charge in [0.15, 0.2) is 0 Å². The van der Waals surface area contributed by atoms with Crippen LogP contribution in [0.2, 0.25) is 0 Å². The standard InChI is InChI=1S/C14H14F2N6O/c1-10(22-18-4-5-19-22)14(23,7-21-9-17-8-20-21)12-3-2-11(15)6-13(12)16/h2-6,8-10,23H,7H2,1H3. The van der Waals surface area contributed by atoms with E-state index in [-0.39, 0.29) is 12.1 Å². The normalized spacial score (nSPS) is 15.3. The van der Waals surface area contributed by atoms with E-state index in [0.29, 0.717) is 0 Å². The van der Waals surface area contributed by atoms with Gasteiger partial charge in [-0.1, -0.05) is 6.07 Å². The first-order chi connectivity index (χ1) is 11.0. The van der Waals surface area contributed by atoms with Crippen molar-refractivity contribution in [2.24, 2.45) is 0 Å². The highest BCUT2D eigenvalue weighted by Crippen LogP contribution is 2.35. The molecule has 0 saturated heterocycles. The largest absolute Gasteiger partial charge is 0.381 e. The Balaban J connectivity index is 2.08. The van der Waals surface area contributed by atoms with Crippen LogP contribution in [0.25, 0.3) is 0 Å². The molecule has 0 amide bonds. The molecule has 0 radical (unpaired) electrons. The number of hydrogen-bond acceptors (Lipinski definition) is 5. The van der Waals surface area contributed by atoms with Gasteiger partial charge in [-0.15, -0.1) is 0 Å². The number of benzene rings is 1. The zero-order valence-electron chi connectivity index (χ0n) is 12.2. The zero-order valence-corrected chi connectivity index (χ0v) is 12.2. The number of hydrogen-bond donors (Lipinski definition) is 1. The van der Waals surface area contributed by atoms with Crippen molar-refractivity contribution in [2.45, 2.75) is 25.1 Å². The van der Waals surface area contributed by atoms with E-state index in [4.69, 9.17) is 0 Å². The molecule has 0 aliphatic rings. The SMILES string of the molecule is CC(n1nccn1)C(O)(Cn1cncn1)c1ccc(F)cc1F. The molecule has 0 fully saturated rings. The van der Waals surface area contributed by atoms with Crippen LogP contribution in [0.4, 0.5) is 8.78 Å². The third-order valence-corrected chi connectivity index (χ3v) is 3.74. The molecule has 0 bridgehead atoms. The fourth-order valence-corrected chi connectivity index (χ4v) is 2.46. The van der Waals surface area contributed by atoms with Crippen LogP contribution in [0.15, 0.2) is 43.2 Å². The van der Waals surface area contributed by atoms with Gasteiger partial charge in [-0.3, -0.25) is 0 Å². The minimum atomic E-state index is -1.76. The van der Waals surface area contributed by atoms with E-state index >= 15 is 0 Å². The summed E-state index contributed by atoms with van der Waals surface area (Å²) in [5.74, 6) is -1.58. The molecule has 7 nitrogen and oxygen atoms in total. The van der Waals surface area contributed by atoms with Gasteiger partial charge in [0.05, 0.1) is 18.9 Å². The van der Waals surface area contributed by atoms with Crippen LogP contribution in [0.1, 0.15) is 18.5 Å². The Bertz CT molecular complexity index is 777. The molecular formula is C14H14F2N6O. The Morgan fingerprint density at radius 1 is 1.22 bits per heavy atom. The maximum atomic E-state index is 14.3. The van der Waals surface area contributed by atoms with E-state index in [2.05, 4.69) is 20.3 Å². The van der Waals surface area contributed by atoms with E-state index in [1.54, 1.807) is 6.92 Å². The van der Waals surface area contributed by atoms with Crippen molar-refractivity contribution in [3.05, 3.63) is 60.4 Å². The first-order valence-electron chi connectivity index (χ1n) is 6.87. The van der Waals surface area contributed by atoms with E-state index in [0.717, 1.165) is 12.1 Å². The van der Waals surface area contributed by atoms with Gasteiger partial charge in [0.25, 0.3) is 0 Å². The van der Waals surface area contributed by atoms with Crippen molar-refractivity contribution < 1.29 is 13.9 Å². The molecule has 1 aromatic carbocycles. The molecule has 2 atom stereocenters. The van der Waals surface area contributed by atoms with Crippen LogP contribution in [0.3, 0.4) is 0 Å². The molecule has 2 heterocycles. The number of aromatic nitrogens is 6. The molecule has 3 rings (SSSR count). The summed E-state index contributed by atoms with van der Waals surface area (Å²) in [6, 6.07) is 2.29. The van der Waals surface area contributed by atoms with Crippen LogP contribution in [0.5, 0.6) is 0 Å². The smallest absolute Gasteiger partial charge is 0.137 e. The zero-order chi connectivity index (χ0) is 16.4. The summed E-state index contributed by atoms with van der Waals surface area (Å²) in [6.45, 7) is 1.54. The van der Waals surface area contributed by atoms with Gasteiger partial charge in [0, 0.05) is 11.6 Å². The second-order valence-corrected chi connectivity index (χ2v) is 5.17. The van der Waals surface area contributed by atoms with E-state index in [9.17, 15) is 13.9 Å². The van der Waals surface area contributed by atoms with Gasteiger partial charge in [-0.2, -0.15) is 20.1 Å². The van der Waals surface area contributed by atoms with Crippen LogP contribution in [-0.2, 0) is 12.1 Å². The van der Waals surface area contributed by atoms with Gasteiger partial charge in [0.2, 0.25) is 0 Å². The van der Waals surface area contributed by atoms with E-state index < -0.39 is 23.3 Å². The number of nitrogens with zero attached hydrogens (tertiary/aromatic N) is 6. The predicted molar refractivity (Wildman–Crippen MR) is 75.0 cm³/mol. The predicted octanol–water partition coefficient (Wildman–Crippen LogP) is 1.30. The first-order valence-corrected chi connectivity index (χ1v) is 6.87. The maximum absolute atomic E-state index is 14.3. The lowest BCUT2D eigenvalue weighted by molar-refractivity contribution is -0.0413. The summed E-state index contributed by atoms with van der Waals surface area (Å²) in [7, 11) is 0. The lowest BCUT2D eigenvalue weighted by Crippen LogP contribution is -2.41. The molecule has 2 aromatic heterocycles. The van der Waals surface area contributed by atoms with Gasteiger partial charge in [0.1, 0.15) is 35.9 Å². The van der Waals surface area contributed by atoms with Gasteiger partial charge in [-0.05, 0) is 13.0 Å². The Hall–Kier alpha value is -2.68. The van der Waals surface area contributed by atoms with Crippen molar-refractivity contribution in [1.29, 1.82) is 0 Å². The highest BCUT2D eigenvalue weighted by molar-refractivity contribution is 5.26. The van der Waals surface area contributed by atoms with Crippen LogP contribution in [0, 0.1) is 11.6 Å². The van der Waals surface area contributed by atoms with Crippen molar-refractivity contribution in [1.82, 2.24) is 29.8 Å². The minimum absolute atomic E-state index is 0.0702. The summed E-state index contributed by atoms with van der Waals surface area (Å²) in [5, 5.41) is 23.1. The second kappa shape index (κ2) is 5.84. The Morgan fingerprint density at radius 3 is 2.57 bits per heavy atom. The van der Waals surface area contributed by atoms with E-state index in [1.165, 1.54) is 40.6 Å². The second-order valence-electron chi connectivity index (χ2n) is 5.17. The van der Waals surface area contributed by atoms with Crippen LogP contribution >= 0.6 is 0 Å². The third-order valence-electron chi connectivity index (χ3n) is 3.74. The summed E-state index contributed by atoms with van der Waals surface area (Å²) >= 11 is 0. The Morgan fingerprint density at radius 2 is 1.96 bits per heavy atom. The van der Waals surface area contributed by atoms with Gasteiger partial charge >= 0.3 is 0 Å². The Labute approximate surface area is 130 Å². The molecule has 1 N–H and O–H groups in total. The van der Waals surface area contributed by atoms with Gasteiger partial charge in [-0.25, -0.2) is 18.4 Å². The lowest BCUT2D eigenvalue weighted by atomic mass is 9.86. The molecule has 0 aliphatic carbocycles. The summed E-state index contributed by atoms with van der Waals surface area (Å²) in [5.41, 5.74) is -1.83. The van der Waals surface area contributed by atoms with Gasteiger partial charge < -0.3 is 5.11 Å². The topological polar surface area (TPSA) is 81.6 Å². The fourth-order valence-electron chi connectivity index (χ4n) is 2.46. The lowest BCUT2D eigenvalue weighted by Gasteiger charge is -2.34. The molecular weight excluding hydrogens is 306 g/mol. The van der Waals surface area contributed by atoms with Crippen molar-refractivity contribution in [2.75, 3.05) is 0 Å². The number of aliphatic hydroxyl groups is 1. The number of rotatable bonds is 5. The molecule has 0 aliphatic heterocycles. The highest BCUT2D eigenvalue weighted by Gasteiger charge is 2.41. The Kier molecular flexibility index (Phi) is 3.87. The third kappa shape index (κ3) is 2.82. The summed E-state index contributed by atoms with van der Waals surface area (Å²) in [6.07, 6.45) is 5.61. The number of halogens is 2. The van der Waals surface area contributed by atoms with Crippen LogP contribution in [-0.4, -0.2) is 34.9 Å². The van der Waals surface area contributed by atoms with Crippen LogP contribution < -0.4 is 0 Å². The summed E-state index contributed by atoms with van der Waals surface area (Å²) in [4.78, 5) is 5.07. The molecule has 9 heteroatoms. The maximum Gasteiger partial charge on any atom is 0.137 e.